The molecule has 6 heteroatoms. The van der Waals surface area contributed by atoms with Crippen molar-refractivity contribution in [3.05, 3.63) is 23.8 Å². The second-order valence-corrected chi connectivity index (χ2v) is 9.95. The number of hydrogen-bond donors (Lipinski definition) is 2. The van der Waals surface area contributed by atoms with E-state index in [9.17, 15) is 9.59 Å². The van der Waals surface area contributed by atoms with Crippen LogP contribution in [0.4, 0.5) is 11.4 Å². The van der Waals surface area contributed by atoms with Crippen LogP contribution >= 0.6 is 11.6 Å². The van der Waals surface area contributed by atoms with Crippen molar-refractivity contribution in [1.82, 2.24) is 5.32 Å². The molecule has 2 N–H and O–H groups in total. The minimum Gasteiger partial charge on any atom is -0.371 e. The number of nitrogens with zero attached hydrogens (tertiary/aromatic N) is 1. The van der Waals surface area contributed by atoms with Gasteiger partial charge in [0.15, 0.2) is 0 Å². The van der Waals surface area contributed by atoms with Crippen LogP contribution in [-0.2, 0) is 4.79 Å². The lowest BCUT2D eigenvalue weighted by molar-refractivity contribution is -0.122. The lowest BCUT2D eigenvalue weighted by Gasteiger charge is -2.34. The summed E-state index contributed by atoms with van der Waals surface area (Å²) in [6.07, 6.45) is 7.95. The average molecular weight is 434 g/mol. The molecule has 3 rings (SSSR count). The fourth-order valence-electron chi connectivity index (χ4n) is 4.19. The molecule has 1 aliphatic heterocycles. The molecule has 0 radical (unpaired) electrons. The van der Waals surface area contributed by atoms with Crippen LogP contribution in [0.2, 0.25) is 0 Å². The van der Waals surface area contributed by atoms with Crippen LogP contribution in [0, 0.1) is 11.3 Å². The average Bonchev–Trinajstić information content (AvgIpc) is 2.75. The maximum Gasteiger partial charge on any atom is 0.253 e. The number of carbonyl (C=O) groups is 2. The number of rotatable bonds is 6. The van der Waals surface area contributed by atoms with Gasteiger partial charge in [0.2, 0.25) is 5.91 Å². The number of halogens is 1. The van der Waals surface area contributed by atoms with Gasteiger partial charge >= 0.3 is 0 Å². The first-order valence-corrected chi connectivity index (χ1v) is 11.9. The molecule has 0 aromatic heterocycles. The van der Waals surface area contributed by atoms with Gasteiger partial charge in [-0.15, -0.1) is 11.6 Å². The van der Waals surface area contributed by atoms with Gasteiger partial charge in [-0.1, -0.05) is 26.2 Å². The molecule has 2 fully saturated rings. The van der Waals surface area contributed by atoms with Crippen LogP contribution in [0.1, 0.15) is 76.1 Å². The van der Waals surface area contributed by atoms with E-state index in [-0.39, 0.29) is 23.7 Å². The molecule has 1 aromatic rings. The Morgan fingerprint density at radius 2 is 1.77 bits per heavy atom. The van der Waals surface area contributed by atoms with Crippen molar-refractivity contribution < 1.29 is 9.59 Å². The van der Waals surface area contributed by atoms with Gasteiger partial charge in [0, 0.05) is 36.4 Å². The van der Waals surface area contributed by atoms with Crippen LogP contribution in [0.25, 0.3) is 0 Å². The summed E-state index contributed by atoms with van der Waals surface area (Å²) in [5, 5.41) is 6.19. The SMILES string of the molecule is CC1CCN(c2ccc(NC(=O)C(C)(C)CCl)cc2C(=O)NC2CCCCC2)CC1. The van der Waals surface area contributed by atoms with E-state index in [0.29, 0.717) is 11.3 Å². The quantitative estimate of drug-likeness (QED) is 0.607. The van der Waals surface area contributed by atoms with Crippen molar-refractivity contribution in [3.63, 3.8) is 0 Å². The Labute approximate surface area is 185 Å². The lowest BCUT2D eigenvalue weighted by Crippen LogP contribution is -2.39. The third-order valence-corrected chi connectivity index (χ3v) is 7.18. The Kier molecular flexibility index (Phi) is 7.67. The molecule has 0 bridgehead atoms. The molecule has 166 valence electrons. The van der Waals surface area contributed by atoms with Gasteiger partial charge in [0.1, 0.15) is 0 Å². The molecule has 1 aliphatic carbocycles. The van der Waals surface area contributed by atoms with Crippen LogP contribution in [-0.4, -0.2) is 36.8 Å². The first-order chi connectivity index (χ1) is 14.3. The van der Waals surface area contributed by atoms with Crippen LogP contribution in [0.5, 0.6) is 0 Å². The number of alkyl halides is 1. The zero-order valence-electron chi connectivity index (χ0n) is 18.6. The minimum atomic E-state index is -0.673. The summed E-state index contributed by atoms with van der Waals surface area (Å²) < 4.78 is 0. The standard InChI is InChI=1S/C24H36ClN3O2/c1-17-11-13-28(14-12-17)21-10-9-19(27-23(30)24(2,3)16-25)15-20(21)22(29)26-18-7-5-4-6-8-18/h9-10,15,17-18H,4-8,11-14,16H2,1-3H3,(H,26,29)(H,27,30). The molecule has 5 nitrogen and oxygen atoms in total. The van der Waals surface area contributed by atoms with E-state index >= 15 is 0 Å². The molecule has 0 unspecified atom stereocenters. The third-order valence-electron chi connectivity index (χ3n) is 6.51. The Balaban J connectivity index is 1.84. The van der Waals surface area contributed by atoms with E-state index in [1.54, 1.807) is 0 Å². The van der Waals surface area contributed by atoms with Crippen molar-refractivity contribution >= 4 is 34.8 Å². The van der Waals surface area contributed by atoms with Crippen LogP contribution < -0.4 is 15.5 Å². The third kappa shape index (κ3) is 5.69. The Morgan fingerprint density at radius 3 is 2.40 bits per heavy atom. The van der Waals surface area contributed by atoms with Gasteiger partial charge in [0.05, 0.1) is 11.0 Å². The molecule has 0 spiro atoms. The summed E-state index contributed by atoms with van der Waals surface area (Å²) in [6, 6.07) is 5.95. The van der Waals surface area contributed by atoms with E-state index in [1.165, 1.54) is 19.3 Å². The number of benzene rings is 1. The zero-order chi connectivity index (χ0) is 21.7. The number of carbonyl (C=O) groups excluding carboxylic acids is 2. The Hall–Kier alpha value is -1.75. The highest BCUT2D eigenvalue weighted by Crippen LogP contribution is 2.30. The number of hydrogen-bond acceptors (Lipinski definition) is 3. The van der Waals surface area contributed by atoms with Gasteiger partial charge < -0.3 is 15.5 Å². The molecule has 1 saturated carbocycles. The van der Waals surface area contributed by atoms with Crippen molar-refractivity contribution in [2.75, 3.05) is 29.2 Å². The number of piperidine rings is 1. The summed E-state index contributed by atoms with van der Waals surface area (Å²) in [6.45, 7) is 7.82. The lowest BCUT2D eigenvalue weighted by atomic mass is 9.94. The number of amides is 2. The summed E-state index contributed by atoms with van der Waals surface area (Å²) in [5.41, 5.74) is 1.58. The first kappa shape index (κ1) is 22.9. The fourth-order valence-corrected chi connectivity index (χ4v) is 4.31. The fraction of sp³-hybridized carbons (Fsp3) is 0.667. The van der Waals surface area contributed by atoms with Crippen molar-refractivity contribution in [2.24, 2.45) is 11.3 Å². The largest absolute Gasteiger partial charge is 0.371 e. The van der Waals surface area contributed by atoms with Crippen LogP contribution in [0.3, 0.4) is 0 Å². The molecular formula is C24H36ClN3O2. The summed E-state index contributed by atoms with van der Waals surface area (Å²) in [4.78, 5) is 28.1. The molecular weight excluding hydrogens is 398 g/mol. The molecule has 2 amide bonds. The minimum absolute atomic E-state index is 0.0387. The Bertz CT molecular complexity index is 751. The van der Waals surface area contributed by atoms with Crippen molar-refractivity contribution in [3.8, 4) is 0 Å². The Morgan fingerprint density at radius 1 is 1.10 bits per heavy atom. The number of nitrogens with one attached hydrogen (secondary N) is 2. The van der Waals surface area contributed by atoms with E-state index in [2.05, 4.69) is 22.5 Å². The molecule has 2 aliphatic rings. The van der Waals surface area contributed by atoms with Gasteiger partial charge in [-0.2, -0.15) is 0 Å². The zero-order valence-corrected chi connectivity index (χ0v) is 19.4. The van der Waals surface area contributed by atoms with E-state index < -0.39 is 5.41 Å². The summed E-state index contributed by atoms with van der Waals surface area (Å²) >= 11 is 5.95. The first-order valence-electron chi connectivity index (χ1n) is 11.4. The predicted molar refractivity (Wildman–Crippen MR) is 125 cm³/mol. The van der Waals surface area contributed by atoms with Gasteiger partial charge in [0.25, 0.3) is 5.91 Å². The summed E-state index contributed by atoms with van der Waals surface area (Å²) in [7, 11) is 0. The van der Waals surface area contributed by atoms with Gasteiger partial charge in [-0.25, -0.2) is 0 Å². The molecule has 1 heterocycles. The van der Waals surface area contributed by atoms with Crippen molar-refractivity contribution in [2.45, 2.75) is 71.8 Å². The topological polar surface area (TPSA) is 61.4 Å². The molecule has 1 saturated heterocycles. The number of anilines is 2. The summed E-state index contributed by atoms with van der Waals surface area (Å²) in [5.74, 6) is 0.772. The van der Waals surface area contributed by atoms with E-state index in [4.69, 9.17) is 11.6 Å². The maximum atomic E-state index is 13.3. The highest BCUT2D eigenvalue weighted by atomic mass is 35.5. The van der Waals surface area contributed by atoms with E-state index in [0.717, 1.165) is 50.4 Å². The molecule has 0 atom stereocenters. The van der Waals surface area contributed by atoms with E-state index in [1.807, 2.05) is 32.0 Å². The second kappa shape index (κ2) is 10.0. The smallest absolute Gasteiger partial charge is 0.253 e. The highest BCUT2D eigenvalue weighted by molar-refractivity contribution is 6.20. The van der Waals surface area contributed by atoms with Crippen LogP contribution in [0.15, 0.2) is 18.2 Å². The predicted octanol–water partition coefficient (Wildman–Crippen LogP) is 5.19. The molecule has 30 heavy (non-hydrogen) atoms. The van der Waals surface area contributed by atoms with Gasteiger partial charge in [-0.05, 0) is 63.6 Å². The van der Waals surface area contributed by atoms with Crippen molar-refractivity contribution in [1.29, 1.82) is 0 Å². The maximum absolute atomic E-state index is 13.3. The monoisotopic (exact) mass is 433 g/mol. The normalized spacial score (nSPS) is 18.9. The second-order valence-electron chi connectivity index (χ2n) is 9.68. The highest BCUT2D eigenvalue weighted by Gasteiger charge is 2.28. The molecule has 1 aromatic carbocycles. The van der Waals surface area contributed by atoms with Gasteiger partial charge in [-0.3, -0.25) is 9.59 Å².